The molecule has 0 aliphatic carbocycles. The molecule has 1 aromatic carbocycles. The van der Waals surface area contributed by atoms with Gasteiger partial charge in [-0.2, -0.15) is 0 Å². The first kappa shape index (κ1) is 10.9. The zero-order valence-corrected chi connectivity index (χ0v) is 9.32. The summed E-state index contributed by atoms with van der Waals surface area (Å²) >= 11 is 3.37. The van der Waals surface area contributed by atoms with Gasteiger partial charge in [-0.3, -0.25) is 9.59 Å². The Labute approximate surface area is 90.8 Å². The Kier molecular flexibility index (Phi) is 3.83. The highest BCUT2D eigenvalue weighted by Gasteiger charge is 2.08. The highest BCUT2D eigenvalue weighted by molar-refractivity contribution is 9.10. The van der Waals surface area contributed by atoms with Gasteiger partial charge in [-0.15, -0.1) is 0 Å². The molecule has 14 heavy (non-hydrogen) atoms. The van der Waals surface area contributed by atoms with Gasteiger partial charge in [0.1, 0.15) is 0 Å². The van der Waals surface area contributed by atoms with E-state index >= 15 is 0 Å². The van der Waals surface area contributed by atoms with Crippen LogP contribution in [0.3, 0.4) is 0 Å². The van der Waals surface area contributed by atoms with E-state index in [-0.39, 0.29) is 0 Å². The van der Waals surface area contributed by atoms with Gasteiger partial charge in [-0.25, -0.2) is 0 Å². The Bertz CT molecular complexity index is 352. The molecular weight excluding hydrogens is 246 g/mol. The van der Waals surface area contributed by atoms with Crippen LogP contribution >= 0.6 is 15.9 Å². The third-order valence-electron chi connectivity index (χ3n) is 1.84. The van der Waals surface area contributed by atoms with E-state index in [1.165, 1.54) is 4.90 Å². The minimum atomic E-state index is -0.513. The van der Waals surface area contributed by atoms with Crippen LogP contribution in [0.15, 0.2) is 28.7 Å². The molecule has 0 fully saturated rings. The SMILES string of the molecule is CN(Cc1ccccc1Br)C(=O)C=O. The third-order valence-corrected chi connectivity index (χ3v) is 2.62. The number of hydrogen-bond donors (Lipinski definition) is 0. The number of halogens is 1. The average molecular weight is 256 g/mol. The Morgan fingerprint density at radius 2 is 2.14 bits per heavy atom. The zero-order valence-electron chi connectivity index (χ0n) is 7.74. The van der Waals surface area contributed by atoms with Crippen molar-refractivity contribution in [2.24, 2.45) is 0 Å². The van der Waals surface area contributed by atoms with Crippen molar-refractivity contribution in [2.75, 3.05) is 7.05 Å². The van der Waals surface area contributed by atoms with Crippen molar-refractivity contribution < 1.29 is 9.59 Å². The second-order valence-electron chi connectivity index (χ2n) is 2.90. The molecule has 0 spiro atoms. The van der Waals surface area contributed by atoms with Crippen molar-refractivity contribution in [3.05, 3.63) is 34.3 Å². The van der Waals surface area contributed by atoms with Crippen molar-refractivity contribution in [1.82, 2.24) is 4.90 Å². The van der Waals surface area contributed by atoms with E-state index in [1.54, 1.807) is 7.05 Å². The Morgan fingerprint density at radius 1 is 1.50 bits per heavy atom. The Balaban J connectivity index is 2.74. The average Bonchev–Trinajstić information content (AvgIpc) is 2.20. The summed E-state index contributed by atoms with van der Waals surface area (Å²) in [6.45, 7) is 0.430. The molecule has 0 atom stereocenters. The molecule has 3 nitrogen and oxygen atoms in total. The second kappa shape index (κ2) is 4.91. The van der Waals surface area contributed by atoms with Crippen LogP contribution in [0, 0.1) is 0 Å². The summed E-state index contributed by atoms with van der Waals surface area (Å²) in [5.74, 6) is -0.513. The standard InChI is InChI=1S/C10H10BrNO2/c1-12(10(14)7-13)6-8-4-2-3-5-9(8)11/h2-5,7H,6H2,1H3. The summed E-state index contributed by atoms with van der Waals surface area (Å²) in [6.07, 6.45) is 0.316. The molecule has 0 aromatic heterocycles. The van der Waals surface area contributed by atoms with Gasteiger partial charge in [0.05, 0.1) is 0 Å². The van der Waals surface area contributed by atoms with Gasteiger partial charge < -0.3 is 4.90 Å². The molecule has 0 unspecified atom stereocenters. The number of carbonyl (C=O) groups is 2. The first-order chi connectivity index (χ1) is 6.65. The fourth-order valence-electron chi connectivity index (χ4n) is 1.05. The molecule has 0 heterocycles. The van der Waals surface area contributed by atoms with Gasteiger partial charge in [0.2, 0.25) is 6.29 Å². The van der Waals surface area contributed by atoms with Crippen LogP contribution in [0.25, 0.3) is 0 Å². The number of likely N-dealkylation sites (N-methyl/N-ethyl adjacent to an activating group) is 1. The largest absolute Gasteiger partial charge is 0.335 e. The summed E-state index contributed by atoms with van der Waals surface area (Å²) in [6, 6.07) is 7.58. The lowest BCUT2D eigenvalue weighted by molar-refractivity contribution is -0.138. The van der Waals surface area contributed by atoms with Crippen LogP contribution in [-0.4, -0.2) is 24.1 Å². The summed E-state index contributed by atoms with van der Waals surface area (Å²) in [4.78, 5) is 22.6. The molecule has 1 aromatic rings. The third kappa shape index (κ3) is 2.67. The molecule has 0 aliphatic heterocycles. The van der Waals surface area contributed by atoms with E-state index in [2.05, 4.69) is 15.9 Å². The minimum Gasteiger partial charge on any atom is -0.335 e. The molecule has 0 radical (unpaired) electrons. The van der Waals surface area contributed by atoms with Crippen LogP contribution in [0.5, 0.6) is 0 Å². The predicted octanol–water partition coefficient (Wildman–Crippen LogP) is 1.61. The molecule has 0 aliphatic rings. The summed E-state index contributed by atoms with van der Waals surface area (Å²) in [7, 11) is 1.59. The quantitative estimate of drug-likeness (QED) is 0.608. The smallest absolute Gasteiger partial charge is 0.286 e. The summed E-state index contributed by atoms with van der Waals surface area (Å²) in [5.41, 5.74) is 0.977. The van der Waals surface area contributed by atoms with Crippen LogP contribution in [0.2, 0.25) is 0 Å². The topological polar surface area (TPSA) is 37.4 Å². The Morgan fingerprint density at radius 3 is 2.71 bits per heavy atom. The van der Waals surface area contributed by atoms with Gasteiger partial charge >= 0.3 is 0 Å². The van der Waals surface area contributed by atoms with Crippen LogP contribution in [0.1, 0.15) is 5.56 Å². The first-order valence-electron chi connectivity index (χ1n) is 4.09. The molecule has 74 valence electrons. The van der Waals surface area contributed by atoms with Gasteiger partial charge in [0.25, 0.3) is 5.91 Å². The number of nitrogens with zero attached hydrogens (tertiary/aromatic N) is 1. The molecule has 0 N–H and O–H groups in total. The molecule has 0 bridgehead atoms. The van der Waals surface area contributed by atoms with Crippen molar-refractivity contribution in [2.45, 2.75) is 6.54 Å². The zero-order chi connectivity index (χ0) is 10.6. The van der Waals surface area contributed by atoms with E-state index in [1.807, 2.05) is 24.3 Å². The van der Waals surface area contributed by atoms with Crippen LogP contribution in [0.4, 0.5) is 0 Å². The highest BCUT2D eigenvalue weighted by Crippen LogP contribution is 2.16. The normalized spacial score (nSPS) is 9.57. The maximum Gasteiger partial charge on any atom is 0.286 e. The molecular formula is C10H10BrNO2. The fraction of sp³-hybridized carbons (Fsp3) is 0.200. The van der Waals surface area contributed by atoms with E-state index in [4.69, 9.17) is 0 Å². The van der Waals surface area contributed by atoms with Crippen molar-refractivity contribution in [3.8, 4) is 0 Å². The van der Waals surface area contributed by atoms with Gasteiger partial charge in [0.15, 0.2) is 0 Å². The lowest BCUT2D eigenvalue weighted by Gasteiger charge is -2.14. The van der Waals surface area contributed by atoms with Gasteiger partial charge in [-0.1, -0.05) is 34.1 Å². The lowest BCUT2D eigenvalue weighted by atomic mass is 10.2. The number of benzene rings is 1. The van der Waals surface area contributed by atoms with E-state index in [0.29, 0.717) is 12.8 Å². The van der Waals surface area contributed by atoms with Crippen LogP contribution < -0.4 is 0 Å². The van der Waals surface area contributed by atoms with E-state index < -0.39 is 5.91 Å². The number of carbonyl (C=O) groups excluding carboxylic acids is 2. The molecule has 1 rings (SSSR count). The minimum absolute atomic E-state index is 0.316. The first-order valence-corrected chi connectivity index (χ1v) is 4.88. The highest BCUT2D eigenvalue weighted by atomic mass is 79.9. The number of amides is 1. The number of aldehydes is 1. The van der Waals surface area contributed by atoms with Gasteiger partial charge in [-0.05, 0) is 11.6 Å². The molecule has 0 saturated heterocycles. The molecule has 1 amide bonds. The van der Waals surface area contributed by atoms with Gasteiger partial charge in [0, 0.05) is 18.1 Å². The maximum atomic E-state index is 11.0. The van der Waals surface area contributed by atoms with Crippen LogP contribution in [-0.2, 0) is 16.1 Å². The lowest BCUT2D eigenvalue weighted by Crippen LogP contribution is -2.26. The monoisotopic (exact) mass is 255 g/mol. The summed E-state index contributed by atoms with van der Waals surface area (Å²) < 4.78 is 0.936. The second-order valence-corrected chi connectivity index (χ2v) is 3.76. The molecule has 4 heteroatoms. The fourth-order valence-corrected chi connectivity index (χ4v) is 1.46. The van der Waals surface area contributed by atoms with E-state index in [9.17, 15) is 9.59 Å². The number of hydrogen-bond acceptors (Lipinski definition) is 2. The Hall–Kier alpha value is -1.16. The predicted molar refractivity (Wildman–Crippen MR) is 56.7 cm³/mol. The van der Waals surface area contributed by atoms with Crippen molar-refractivity contribution in [3.63, 3.8) is 0 Å². The van der Waals surface area contributed by atoms with Crippen molar-refractivity contribution in [1.29, 1.82) is 0 Å². The summed E-state index contributed by atoms with van der Waals surface area (Å²) in [5, 5.41) is 0. The molecule has 0 saturated carbocycles. The van der Waals surface area contributed by atoms with E-state index in [0.717, 1.165) is 10.0 Å². The number of rotatable bonds is 3. The van der Waals surface area contributed by atoms with Crippen molar-refractivity contribution >= 4 is 28.1 Å². The maximum absolute atomic E-state index is 11.0.